The number of nitrogens with zero attached hydrogens (tertiary/aromatic N) is 1. The normalized spacial score (nSPS) is 16.8. The van der Waals surface area contributed by atoms with Crippen molar-refractivity contribution in [1.29, 1.82) is 0 Å². The molecule has 0 aliphatic carbocycles. The van der Waals surface area contributed by atoms with Crippen LogP contribution in [0.2, 0.25) is 0 Å². The van der Waals surface area contributed by atoms with Crippen LogP contribution in [0.15, 0.2) is 24.3 Å². The first-order valence-electron chi connectivity index (χ1n) is 8.44. The highest BCUT2D eigenvalue weighted by Crippen LogP contribution is 2.31. The van der Waals surface area contributed by atoms with E-state index >= 15 is 0 Å². The first-order chi connectivity index (χ1) is 11.6. The Labute approximate surface area is 144 Å². The molecule has 1 aromatic carbocycles. The van der Waals surface area contributed by atoms with Crippen molar-refractivity contribution < 1.29 is 14.3 Å². The molecule has 6 heteroatoms. The summed E-state index contributed by atoms with van der Waals surface area (Å²) in [7, 11) is 5.67. The minimum Gasteiger partial charge on any atom is -0.492 e. The second kappa shape index (κ2) is 9.01. The summed E-state index contributed by atoms with van der Waals surface area (Å²) in [5.41, 5.74) is 0.304. The summed E-state index contributed by atoms with van der Waals surface area (Å²) in [5, 5.41) is 6.34. The van der Waals surface area contributed by atoms with Crippen molar-refractivity contribution in [2.24, 2.45) is 5.41 Å². The lowest BCUT2D eigenvalue weighted by molar-refractivity contribution is -0.130. The summed E-state index contributed by atoms with van der Waals surface area (Å²) < 4.78 is 11.1. The summed E-state index contributed by atoms with van der Waals surface area (Å²) in [6.07, 6.45) is 1.57. The Morgan fingerprint density at radius 1 is 1.33 bits per heavy atom. The van der Waals surface area contributed by atoms with Crippen molar-refractivity contribution in [2.45, 2.75) is 12.8 Å². The van der Waals surface area contributed by atoms with Crippen LogP contribution in [0.25, 0.3) is 0 Å². The van der Waals surface area contributed by atoms with Crippen molar-refractivity contribution in [1.82, 2.24) is 10.2 Å². The van der Waals surface area contributed by atoms with Gasteiger partial charge in [-0.15, -0.1) is 0 Å². The highest BCUT2D eigenvalue weighted by Gasteiger charge is 2.39. The number of anilines is 1. The monoisotopic (exact) mass is 335 g/mol. The van der Waals surface area contributed by atoms with Crippen LogP contribution < -0.4 is 15.4 Å². The van der Waals surface area contributed by atoms with E-state index in [1.165, 1.54) is 0 Å². The summed E-state index contributed by atoms with van der Waals surface area (Å²) in [6, 6.07) is 7.56. The van der Waals surface area contributed by atoms with Crippen molar-refractivity contribution in [3.8, 4) is 5.75 Å². The van der Waals surface area contributed by atoms with Gasteiger partial charge in [0.25, 0.3) is 0 Å². The predicted molar refractivity (Wildman–Crippen MR) is 95.5 cm³/mol. The number of amides is 1. The molecule has 2 N–H and O–H groups in total. The van der Waals surface area contributed by atoms with Crippen LogP contribution in [0.4, 0.5) is 5.69 Å². The molecule has 2 rings (SSSR count). The third kappa shape index (κ3) is 5.19. The van der Waals surface area contributed by atoms with Crippen LogP contribution in [0.5, 0.6) is 5.75 Å². The van der Waals surface area contributed by atoms with Crippen molar-refractivity contribution in [3.05, 3.63) is 24.3 Å². The smallest absolute Gasteiger partial charge is 0.233 e. The molecule has 6 nitrogen and oxygen atoms in total. The Morgan fingerprint density at radius 2 is 2.08 bits per heavy atom. The summed E-state index contributed by atoms with van der Waals surface area (Å²) >= 11 is 0. The fourth-order valence-corrected chi connectivity index (χ4v) is 2.89. The number of hydrogen-bond acceptors (Lipinski definition) is 5. The van der Waals surface area contributed by atoms with E-state index in [0.29, 0.717) is 13.2 Å². The topological polar surface area (TPSA) is 62.8 Å². The number of rotatable bonds is 8. The third-order valence-electron chi connectivity index (χ3n) is 4.36. The van der Waals surface area contributed by atoms with Gasteiger partial charge in [0, 0.05) is 25.4 Å². The van der Waals surface area contributed by atoms with Gasteiger partial charge in [-0.3, -0.25) is 4.79 Å². The maximum Gasteiger partial charge on any atom is 0.233 e. The molecule has 1 aromatic rings. The van der Waals surface area contributed by atoms with E-state index in [-0.39, 0.29) is 5.91 Å². The molecule has 0 radical (unpaired) electrons. The molecular formula is C18H29N3O3. The Morgan fingerprint density at radius 3 is 2.75 bits per heavy atom. The zero-order valence-corrected chi connectivity index (χ0v) is 14.9. The molecule has 0 aromatic heterocycles. The molecule has 0 atom stereocenters. The van der Waals surface area contributed by atoms with Gasteiger partial charge >= 0.3 is 0 Å². The Bertz CT molecular complexity index is 522. The van der Waals surface area contributed by atoms with Crippen molar-refractivity contribution in [2.75, 3.05) is 59.4 Å². The zero-order valence-electron chi connectivity index (χ0n) is 14.9. The highest BCUT2D eigenvalue weighted by molar-refractivity contribution is 5.95. The molecule has 0 unspecified atom stereocenters. The Kier molecular flexibility index (Phi) is 7.02. The quantitative estimate of drug-likeness (QED) is 0.755. The van der Waals surface area contributed by atoms with E-state index in [1.807, 2.05) is 38.4 Å². The number of piperidine rings is 1. The molecule has 1 saturated heterocycles. The first kappa shape index (κ1) is 18.7. The van der Waals surface area contributed by atoms with Gasteiger partial charge in [0.15, 0.2) is 0 Å². The molecule has 0 spiro atoms. The number of carbonyl (C=O) groups excluding carboxylic acids is 1. The number of carbonyl (C=O) groups is 1. The Balaban J connectivity index is 1.99. The van der Waals surface area contributed by atoms with Gasteiger partial charge in [0.2, 0.25) is 5.91 Å². The summed E-state index contributed by atoms with van der Waals surface area (Å²) in [5.74, 6) is 0.789. The first-order valence-corrected chi connectivity index (χ1v) is 8.44. The minimum absolute atomic E-state index is 0.0243. The van der Waals surface area contributed by atoms with Crippen LogP contribution >= 0.6 is 0 Å². The predicted octanol–water partition coefficient (Wildman–Crippen LogP) is 1.58. The van der Waals surface area contributed by atoms with Gasteiger partial charge in [-0.05, 0) is 52.2 Å². The maximum absolute atomic E-state index is 12.8. The van der Waals surface area contributed by atoms with Gasteiger partial charge in [-0.1, -0.05) is 6.07 Å². The molecule has 0 bridgehead atoms. The Hall–Kier alpha value is -1.63. The summed E-state index contributed by atoms with van der Waals surface area (Å²) in [6.45, 7) is 3.58. The van der Waals surface area contributed by atoms with Gasteiger partial charge in [0.05, 0.1) is 12.0 Å². The maximum atomic E-state index is 12.8. The molecule has 134 valence electrons. The van der Waals surface area contributed by atoms with E-state index in [4.69, 9.17) is 9.47 Å². The van der Waals surface area contributed by atoms with E-state index < -0.39 is 5.41 Å². The third-order valence-corrected chi connectivity index (χ3v) is 4.36. The largest absolute Gasteiger partial charge is 0.492 e. The number of ether oxygens (including phenoxy) is 2. The van der Waals surface area contributed by atoms with E-state index in [0.717, 1.165) is 43.9 Å². The molecule has 1 aliphatic heterocycles. The average Bonchev–Trinajstić information content (AvgIpc) is 2.56. The lowest BCUT2D eigenvalue weighted by Crippen LogP contribution is -2.47. The van der Waals surface area contributed by atoms with Crippen LogP contribution in [-0.4, -0.2) is 64.9 Å². The van der Waals surface area contributed by atoms with E-state index in [9.17, 15) is 4.79 Å². The number of benzene rings is 1. The zero-order chi connectivity index (χ0) is 17.4. The van der Waals surface area contributed by atoms with Crippen LogP contribution in [0.1, 0.15) is 12.8 Å². The number of methoxy groups -OCH3 is 1. The average molecular weight is 335 g/mol. The van der Waals surface area contributed by atoms with Crippen LogP contribution in [0.3, 0.4) is 0 Å². The second-order valence-electron chi connectivity index (χ2n) is 6.60. The fraction of sp³-hybridized carbons (Fsp3) is 0.611. The van der Waals surface area contributed by atoms with E-state index in [2.05, 4.69) is 15.5 Å². The molecule has 1 aliphatic rings. The van der Waals surface area contributed by atoms with Crippen molar-refractivity contribution in [3.63, 3.8) is 0 Å². The SMILES string of the molecule is COCC1(C(=O)Nc2cccc(OCCN(C)C)c2)CCNCC1. The molecule has 1 heterocycles. The van der Waals surface area contributed by atoms with Gasteiger partial charge in [-0.2, -0.15) is 0 Å². The van der Waals surface area contributed by atoms with Gasteiger partial charge in [0.1, 0.15) is 12.4 Å². The molecule has 1 amide bonds. The summed E-state index contributed by atoms with van der Waals surface area (Å²) in [4.78, 5) is 14.9. The lowest BCUT2D eigenvalue weighted by atomic mass is 9.78. The standard InChI is InChI=1S/C18H29N3O3/c1-21(2)11-12-24-16-6-4-5-15(13-16)20-17(22)18(14-23-3)7-9-19-10-8-18/h4-6,13,19H,7-12,14H2,1-3H3,(H,20,22). The number of hydrogen-bond donors (Lipinski definition) is 2. The molecular weight excluding hydrogens is 306 g/mol. The fourth-order valence-electron chi connectivity index (χ4n) is 2.89. The second-order valence-corrected chi connectivity index (χ2v) is 6.60. The van der Waals surface area contributed by atoms with Gasteiger partial charge in [-0.25, -0.2) is 0 Å². The molecule has 0 saturated carbocycles. The van der Waals surface area contributed by atoms with Crippen LogP contribution in [0, 0.1) is 5.41 Å². The van der Waals surface area contributed by atoms with Gasteiger partial charge < -0.3 is 25.0 Å². The van der Waals surface area contributed by atoms with Crippen molar-refractivity contribution >= 4 is 11.6 Å². The molecule has 24 heavy (non-hydrogen) atoms. The molecule has 1 fully saturated rings. The minimum atomic E-state index is -0.457. The van der Waals surface area contributed by atoms with E-state index in [1.54, 1.807) is 7.11 Å². The number of likely N-dealkylation sites (N-methyl/N-ethyl adjacent to an activating group) is 1. The lowest BCUT2D eigenvalue weighted by Gasteiger charge is -2.35. The highest BCUT2D eigenvalue weighted by atomic mass is 16.5. The number of nitrogens with one attached hydrogen (secondary N) is 2. The van der Waals surface area contributed by atoms with Crippen LogP contribution in [-0.2, 0) is 9.53 Å².